The van der Waals surface area contributed by atoms with E-state index in [1.807, 2.05) is 20.8 Å². The Balaban J connectivity index is 0.00000122. The van der Waals surface area contributed by atoms with Crippen molar-refractivity contribution in [1.82, 2.24) is 9.71 Å². The molecular weight excluding hydrogens is 463 g/mol. The lowest BCUT2D eigenvalue weighted by atomic mass is 9.98. The first-order valence-corrected chi connectivity index (χ1v) is 12.6. The number of methoxy groups -OCH3 is 1. The summed E-state index contributed by atoms with van der Waals surface area (Å²) in [5.41, 5.74) is 2.82. The number of hydrogen-bond donors (Lipinski definition) is 1. The SMILES string of the molecule is COC.Cc1sc(-c2ccc(F)cc2)nc1CCNS(=O)(=O)c1ccc(C(C)C)c(C=O)c1. The number of halogens is 1. The summed E-state index contributed by atoms with van der Waals surface area (Å²) in [7, 11) is -0.493. The van der Waals surface area contributed by atoms with Crippen LogP contribution in [0.1, 0.15) is 46.3 Å². The van der Waals surface area contributed by atoms with E-state index in [0.717, 1.165) is 26.7 Å². The number of carbonyl (C=O) groups is 1. The predicted molar refractivity (Wildman–Crippen MR) is 130 cm³/mol. The Kier molecular flexibility index (Phi) is 9.85. The smallest absolute Gasteiger partial charge is 0.240 e. The molecule has 3 rings (SSSR count). The molecule has 2 aromatic carbocycles. The Bertz CT molecular complexity index is 1170. The molecule has 0 amide bonds. The van der Waals surface area contributed by atoms with Crippen molar-refractivity contribution >= 4 is 27.6 Å². The Labute approximate surface area is 198 Å². The summed E-state index contributed by atoms with van der Waals surface area (Å²) in [6.07, 6.45) is 1.11. The minimum atomic E-state index is -3.74. The summed E-state index contributed by atoms with van der Waals surface area (Å²) in [5.74, 6) is -0.182. The maximum absolute atomic E-state index is 13.1. The lowest BCUT2D eigenvalue weighted by molar-refractivity contribution is 0.112. The van der Waals surface area contributed by atoms with Gasteiger partial charge in [0.05, 0.1) is 10.6 Å². The summed E-state index contributed by atoms with van der Waals surface area (Å²) in [6.45, 7) is 6.00. The molecule has 0 saturated carbocycles. The normalized spacial score (nSPS) is 11.2. The number of nitrogens with one attached hydrogen (secondary N) is 1. The highest BCUT2D eigenvalue weighted by Gasteiger charge is 2.17. The molecule has 1 aromatic heterocycles. The number of ether oxygens (including phenoxy) is 1. The number of aromatic nitrogens is 1. The molecule has 9 heteroatoms. The third-order valence-corrected chi connectivity index (χ3v) is 7.28. The highest BCUT2D eigenvalue weighted by Crippen LogP contribution is 2.28. The molecule has 33 heavy (non-hydrogen) atoms. The summed E-state index contributed by atoms with van der Waals surface area (Å²) < 4.78 is 45.2. The molecule has 0 bridgehead atoms. The zero-order chi connectivity index (χ0) is 24.6. The van der Waals surface area contributed by atoms with Crippen LogP contribution in [0, 0.1) is 12.7 Å². The molecule has 0 aliphatic rings. The van der Waals surface area contributed by atoms with Crippen molar-refractivity contribution in [2.24, 2.45) is 0 Å². The Hall–Kier alpha value is -2.46. The fraction of sp³-hybridized carbons (Fsp3) is 0.333. The van der Waals surface area contributed by atoms with Gasteiger partial charge in [0, 0.05) is 43.2 Å². The van der Waals surface area contributed by atoms with Crippen molar-refractivity contribution in [2.45, 2.75) is 38.0 Å². The minimum absolute atomic E-state index is 0.0657. The fourth-order valence-electron chi connectivity index (χ4n) is 3.11. The van der Waals surface area contributed by atoms with Crippen LogP contribution in [0.3, 0.4) is 0 Å². The molecule has 0 aliphatic carbocycles. The molecule has 0 spiro atoms. The van der Waals surface area contributed by atoms with E-state index in [1.165, 1.54) is 35.6 Å². The van der Waals surface area contributed by atoms with Gasteiger partial charge in [0.2, 0.25) is 10.0 Å². The first-order chi connectivity index (χ1) is 15.6. The average molecular weight is 493 g/mol. The average Bonchev–Trinajstić information content (AvgIpc) is 3.14. The van der Waals surface area contributed by atoms with E-state index in [0.29, 0.717) is 18.3 Å². The molecule has 0 fully saturated rings. The quantitative estimate of drug-likeness (QED) is 0.449. The van der Waals surface area contributed by atoms with Gasteiger partial charge >= 0.3 is 0 Å². The van der Waals surface area contributed by atoms with Crippen LogP contribution < -0.4 is 4.72 Å². The van der Waals surface area contributed by atoms with Gasteiger partial charge in [-0.3, -0.25) is 4.79 Å². The van der Waals surface area contributed by atoms with E-state index >= 15 is 0 Å². The maximum atomic E-state index is 13.1. The van der Waals surface area contributed by atoms with Crippen molar-refractivity contribution in [1.29, 1.82) is 0 Å². The number of benzene rings is 2. The third-order valence-electron chi connectivity index (χ3n) is 4.76. The van der Waals surface area contributed by atoms with Gasteiger partial charge in [0.15, 0.2) is 0 Å². The molecule has 1 heterocycles. The number of nitrogens with zero attached hydrogens (tertiary/aromatic N) is 1. The van der Waals surface area contributed by atoms with Gasteiger partial charge in [-0.15, -0.1) is 11.3 Å². The second kappa shape index (κ2) is 12.1. The number of rotatable bonds is 8. The van der Waals surface area contributed by atoms with Crippen molar-refractivity contribution < 1.29 is 22.3 Å². The van der Waals surface area contributed by atoms with Crippen LogP contribution >= 0.6 is 11.3 Å². The van der Waals surface area contributed by atoms with Gasteiger partial charge in [-0.25, -0.2) is 22.5 Å². The van der Waals surface area contributed by atoms with Gasteiger partial charge in [0.1, 0.15) is 17.1 Å². The Morgan fingerprint density at radius 3 is 2.36 bits per heavy atom. The molecule has 0 saturated heterocycles. The molecule has 0 atom stereocenters. The highest BCUT2D eigenvalue weighted by molar-refractivity contribution is 7.89. The number of aryl methyl sites for hydroxylation is 1. The van der Waals surface area contributed by atoms with Crippen LogP contribution in [0.15, 0.2) is 47.4 Å². The maximum Gasteiger partial charge on any atom is 0.240 e. The van der Waals surface area contributed by atoms with Crippen LogP contribution in [-0.4, -0.2) is 40.5 Å². The van der Waals surface area contributed by atoms with Crippen molar-refractivity contribution in [2.75, 3.05) is 20.8 Å². The molecule has 0 unspecified atom stereocenters. The van der Waals surface area contributed by atoms with E-state index in [-0.39, 0.29) is 23.2 Å². The Morgan fingerprint density at radius 2 is 1.79 bits per heavy atom. The summed E-state index contributed by atoms with van der Waals surface area (Å²) in [4.78, 5) is 17.0. The lowest BCUT2D eigenvalue weighted by Gasteiger charge is -2.11. The van der Waals surface area contributed by atoms with Crippen LogP contribution in [0.25, 0.3) is 10.6 Å². The van der Waals surface area contributed by atoms with Crippen LogP contribution in [-0.2, 0) is 21.2 Å². The molecule has 0 aliphatic heterocycles. The van der Waals surface area contributed by atoms with Gasteiger partial charge < -0.3 is 4.74 Å². The number of sulfonamides is 1. The predicted octanol–water partition coefficient (Wildman–Crippen LogP) is 4.98. The van der Waals surface area contributed by atoms with Gasteiger partial charge in [0.25, 0.3) is 0 Å². The molecule has 6 nitrogen and oxygen atoms in total. The zero-order valence-electron chi connectivity index (χ0n) is 19.4. The van der Waals surface area contributed by atoms with E-state index in [9.17, 15) is 17.6 Å². The molecule has 0 radical (unpaired) electrons. The molecular formula is C24H29FN2O4S2. The van der Waals surface area contributed by atoms with Crippen LogP contribution in [0.4, 0.5) is 4.39 Å². The molecule has 1 N–H and O–H groups in total. The molecule has 3 aromatic rings. The monoisotopic (exact) mass is 492 g/mol. The van der Waals surface area contributed by atoms with Crippen LogP contribution in [0.5, 0.6) is 0 Å². The summed E-state index contributed by atoms with van der Waals surface area (Å²) in [6, 6.07) is 10.7. The molecule has 178 valence electrons. The van der Waals surface area contributed by atoms with E-state index in [1.54, 1.807) is 32.4 Å². The number of thiazole rings is 1. The minimum Gasteiger partial charge on any atom is -0.388 e. The zero-order valence-corrected chi connectivity index (χ0v) is 21.0. The highest BCUT2D eigenvalue weighted by atomic mass is 32.2. The van der Waals surface area contributed by atoms with Crippen molar-refractivity contribution in [3.8, 4) is 10.6 Å². The standard InChI is InChI=1S/C22H23FN2O3S2.C2H6O/c1-14(2)20-9-8-19(12-17(20)13-26)30(27,28)24-11-10-21-15(3)29-22(25-21)16-4-6-18(23)7-5-16;1-3-2/h4-9,12-14,24H,10-11H2,1-3H3;1-2H3. The topological polar surface area (TPSA) is 85.4 Å². The fourth-order valence-corrected chi connectivity index (χ4v) is 5.14. The van der Waals surface area contributed by atoms with E-state index in [2.05, 4.69) is 14.4 Å². The third kappa shape index (κ3) is 7.26. The second-order valence-electron chi connectivity index (χ2n) is 7.65. The number of aldehydes is 1. The van der Waals surface area contributed by atoms with Crippen molar-refractivity contribution in [3.05, 3.63) is 70.0 Å². The second-order valence-corrected chi connectivity index (χ2v) is 10.6. The lowest BCUT2D eigenvalue weighted by Crippen LogP contribution is -2.26. The van der Waals surface area contributed by atoms with Gasteiger partial charge in [-0.1, -0.05) is 19.9 Å². The van der Waals surface area contributed by atoms with E-state index in [4.69, 9.17) is 0 Å². The summed E-state index contributed by atoms with van der Waals surface area (Å²) in [5, 5.41) is 0.769. The summed E-state index contributed by atoms with van der Waals surface area (Å²) >= 11 is 1.49. The van der Waals surface area contributed by atoms with Crippen LogP contribution in [0.2, 0.25) is 0 Å². The number of hydrogen-bond acceptors (Lipinski definition) is 6. The van der Waals surface area contributed by atoms with E-state index < -0.39 is 10.0 Å². The number of carbonyl (C=O) groups excluding carboxylic acids is 1. The largest absolute Gasteiger partial charge is 0.388 e. The first-order valence-electron chi connectivity index (χ1n) is 10.3. The van der Waals surface area contributed by atoms with Crippen molar-refractivity contribution in [3.63, 3.8) is 0 Å². The first kappa shape index (κ1) is 26.8. The Morgan fingerprint density at radius 1 is 1.15 bits per heavy atom. The van der Waals surface area contributed by atoms with Gasteiger partial charge in [-0.2, -0.15) is 0 Å². The van der Waals surface area contributed by atoms with Gasteiger partial charge in [-0.05, 0) is 54.8 Å².